The van der Waals surface area contributed by atoms with Gasteiger partial charge in [0.15, 0.2) is 0 Å². The zero-order valence-electron chi connectivity index (χ0n) is 11.1. The molecule has 112 valence electrons. The summed E-state index contributed by atoms with van der Waals surface area (Å²) in [5.74, 6) is 0. The van der Waals surface area contributed by atoms with Crippen molar-refractivity contribution in [1.82, 2.24) is 0 Å². The quantitative estimate of drug-likeness (QED) is 0.616. The molecule has 0 fully saturated rings. The maximum atomic E-state index is 12.4. The van der Waals surface area contributed by atoms with E-state index in [0.29, 0.717) is 0 Å². The summed E-state index contributed by atoms with van der Waals surface area (Å²) in [4.78, 5) is -0.0819. The molecule has 0 amide bonds. The Bertz CT molecular complexity index is 572. The van der Waals surface area contributed by atoms with Crippen LogP contribution in [0.15, 0.2) is 40.8 Å². The number of allylic oxidation sites excluding steroid dienone is 1. The maximum Gasteiger partial charge on any atom is 0.412 e. The van der Waals surface area contributed by atoms with E-state index in [9.17, 15) is 21.6 Å². The SMILES string of the molecule is CCC(=CCOS(=O)(=O)c1ccc(C)cc1)C(F)(F)F. The number of halogens is 3. The van der Waals surface area contributed by atoms with Crippen molar-refractivity contribution < 1.29 is 25.8 Å². The van der Waals surface area contributed by atoms with E-state index < -0.39 is 28.5 Å². The zero-order chi connectivity index (χ0) is 15.4. The predicted octanol–water partition coefficient (Wildman–Crippen LogP) is 3.60. The van der Waals surface area contributed by atoms with Gasteiger partial charge < -0.3 is 0 Å². The summed E-state index contributed by atoms with van der Waals surface area (Å²) >= 11 is 0. The Morgan fingerprint density at radius 1 is 1.25 bits per heavy atom. The van der Waals surface area contributed by atoms with Crippen LogP contribution in [-0.4, -0.2) is 21.2 Å². The first-order chi connectivity index (χ1) is 9.16. The lowest BCUT2D eigenvalue weighted by molar-refractivity contribution is -0.0939. The first kappa shape index (κ1) is 16.7. The van der Waals surface area contributed by atoms with Gasteiger partial charge in [0.25, 0.3) is 10.1 Å². The van der Waals surface area contributed by atoms with Gasteiger partial charge in [0.2, 0.25) is 0 Å². The van der Waals surface area contributed by atoms with Crippen LogP contribution in [0, 0.1) is 6.92 Å². The fraction of sp³-hybridized carbons (Fsp3) is 0.385. The van der Waals surface area contributed by atoms with Gasteiger partial charge >= 0.3 is 6.18 Å². The Morgan fingerprint density at radius 2 is 1.80 bits per heavy atom. The smallest absolute Gasteiger partial charge is 0.262 e. The van der Waals surface area contributed by atoms with Crippen LogP contribution in [-0.2, 0) is 14.3 Å². The van der Waals surface area contributed by atoms with Gasteiger partial charge in [-0.1, -0.05) is 24.6 Å². The first-order valence-corrected chi connectivity index (χ1v) is 7.30. The number of alkyl halides is 3. The lowest BCUT2D eigenvalue weighted by Gasteiger charge is -2.09. The molecular formula is C13H15F3O3S. The lowest BCUT2D eigenvalue weighted by Crippen LogP contribution is -2.13. The van der Waals surface area contributed by atoms with Crippen molar-refractivity contribution in [3.8, 4) is 0 Å². The van der Waals surface area contributed by atoms with E-state index in [1.165, 1.54) is 19.1 Å². The van der Waals surface area contributed by atoms with E-state index in [1.807, 2.05) is 0 Å². The van der Waals surface area contributed by atoms with Gasteiger partial charge in [0.05, 0.1) is 11.5 Å². The molecule has 0 unspecified atom stereocenters. The van der Waals surface area contributed by atoms with Crippen molar-refractivity contribution in [3.05, 3.63) is 41.5 Å². The van der Waals surface area contributed by atoms with Crippen LogP contribution in [0.1, 0.15) is 18.9 Å². The molecule has 0 atom stereocenters. The Labute approximate surface area is 116 Å². The van der Waals surface area contributed by atoms with Crippen LogP contribution >= 0.6 is 0 Å². The average molecular weight is 308 g/mol. The largest absolute Gasteiger partial charge is 0.412 e. The normalized spacial score (nSPS) is 13.6. The van der Waals surface area contributed by atoms with Gasteiger partial charge in [0.1, 0.15) is 0 Å². The first-order valence-electron chi connectivity index (χ1n) is 5.89. The Hall–Kier alpha value is -1.34. The third kappa shape index (κ3) is 4.64. The molecule has 7 heteroatoms. The molecular weight excluding hydrogens is 293 g/mol. The summed E-state index contributed by atoms with van der Waals surface area (Å²) < 4.78 is 65.3. The fourth-order valence-corrected chi connectivity index (χ4v) is 2.31. The molecule has 0 spiro atoms. The van der Waals surface area contributed by atoms with Crippen LogP contribution in [0.2, 0.25) is 0 Å². The van der Waals surface area contributed by atoms with Crippen LogP contribution in [0.5, 0.6) is 0 Å². The summed E-state index contributed by atoms with van der Waals surface area (Å²) in [5, 5.41) is 0. The molecule has 0 aliphatic rings. The lowest BCUT2D eigenvalue weighted by atomic mass is 10.2. The molecule has 0 bridgehead atoms. The van der Waals surface area contributed by atoms with Gasteiger partial charge in [-0.15, -0.1) is 0 Å². The van der Waals surface area contributed by atoms with Crippen molar-refractivity contribution in [3.63, 3.8) is 0 Å². The summed E-state index contributed by atoms with van der Waals surface area (Å²) in [6.07, 6.45) is -3.96. The van der Waals surface area contributed by atoms with E-state index in [2.05, 4.69) is 4.18 Å². The predicted molar refractivity (Wildman–Crippen MR) is 68.7 cm³/mol. The molecule has 0 saturated heterocycles. The van der Waals surface area contributed by atoms with E-state index in [4.69, 9.17) is 0 Å². The summed E-state index contributed by atoms with van der Waals surface area (Å²) in [7, 11) is -4.04. The van der Waals surface area contributed by atoms with Crippen LogP contribution in [0.4, 0.5) is 13.2 Å². The third-order valence-corrected chi connectivity index (χ3v) is 3.90. The van der Waals surface area contributed by atoms with Crippen molar-refractivity contribution in [2.75, 3.05) is 6.61 Å². The second-order valence-electron chi connectivity index (χ2n) is 4.13. The van der Waals surface area contributed by atoms with Gasteiger partial charge in [-0.05, 0) is 31.6 Å². The van der Waals surface area contributed by atoms with Crippen molar-refractivity contribution in [2.24, 2.45) is 0 Å². The van der Waals surface area contributed by atoms with Gasteiger partial charge in [-0.25, -0.2) is 0 Å². The molecule has 1 aromatic carbocycles. The number of aryl methyl sites for hydroxylation is 1. The highest BCUT2D eigenvalue weighted by atomic mass is 32.2. The van der Waals surface area contributed by atoms with Gasteiger partial charge in [0, 0.05) is 5.57 Å². The summed E-state index contributed by atoms with van der Waals surface area (Å²) in [5.41, 5.74) is 0.0609. The summed E-state index contributed by atoms with van der Waals surface area (Å²) in [6.45, 7) is 2.49. The molecule has 0 heterocycles. The van der Waals surface area contributed by atoms with Gasteiger partial charge in [-0.2, -0.15) is 21.6 Å². The molecule has 0 aromatic heterocycles. The number of benzene rings is 1. The highest BCUT2D eigenvalue weighted by molar-refractivity contribution is 7.86. The molecule has 1 aromatic rings. The topological polar surface area (TPSA) is 43.4 Å². The van der Waals surface area contributed by atoms with E-state index in [0.717, 1.165) is 11.6 Å². The zero-order valence-corrected chi connectivity index (χ0v) is 11.9. The van der Waals surface area contributed by atoms with Crippen LogP contribution in [0.3, 0.4) is 0 Å². The minimum Gasteiger partial charge on any atom is -0.262 e. The van der Waals surface area contributed by atoms with Crippen molar-refractivity contribution >= 4 is 10.1 Å². The minimum absolute atomic E-state index is 0.0819. The molecule has 0 radical (unpaired) electrons. The standard InChI is InChI=1S/C13H15F3O3S/c1-3-11(13(14,15)16)8-9-19-20(17,18)12-6-4-10(2)5-7-12/h4-8H,3,9H2,1-2H3. The highest BCUT2D eigenvalue weighted by Crippen LogP contribution is 2.27. The minimum atomic E-state index is -4.47. The van der Waals surface area contributed by atoms with E-state index in [1.54, 1.807) is 19.1 Å². The van der Waals surface area contributed by atoms with Gasteiger partial charge in [-0.3, -0.25) is 4.18 Å². The molecule has 1 rings (SSSR count). The van der Waals surface area contributed by atoms with Crippen LogP contribution < -0.4 is 0 Å². The summed E-state index contributed by atoms with van der Waals surface area (Å²) in [6, 6.07) is 5.86. The molecule has 20 heavy (non-hydrogen) atoms. The van der Waals surface area contributed by atoms with E-state index in [-0.39, 0.29) is 11.3 Å². The Balaban J connectivity index is 2.78. The third-order valence-electron chi connectivity index (χ3n) is 2.61. The number of hydrogen-bond donors (Lipinski definition) is 0. The molecule has 3 nitrogen and oxygen atoms in total. The monoisotopic (exact) mass is 308 g/mol. The van der Waals surface area contributed by atoms with E-state index >= 15 is 0 Å². The van der Waals surface area contributed by atoms with Crippen LogP contribution in [0.25, 0.3) is 0 Å². The fourth-order valence-electron chi connectivity index (χ4n) is 1.46. The van der Waals surface area contributed by atoms with Crippen molar-refractivity contribution in [1.29, 1.82) is 0 Å². The highest BCUT2D eigenvalue weighted by Gasteiger charge is 2.31. The second kappa shape index (κ2) is 6.41. The maximum absolute atomic E-state index is 12.4. The average Bonchev–Trinajstić information content (AvgIpc) is 2.33. The Kier molecular flexibility index (Phi) is 5.35. The Morgan fingerprint density at radius 3 is 2.25 bits per heavy atom. The molecule has 0 N–H and O–H groups in total. The number of hydrogen-bond acceptors (Lipinski definition) is 3. The van der Waals surface area contributed by atoms with Crippen molar-refractivity contribution in [2.45, 2.75) is 31.3 Å². The molecule has 0 saturated carbocycles. The second-order valence-corrected chi connectivity index (χ2v) is 5.75. The molecule has 0 aliphatic carbocycles. The molecule has 0 aliphatic heterocycles. The number of rotatable bonds is 5.